The fourth-order valence-corrected chi connectivity index (χ4v) is 1.87. The van der Waals surface area contributed by atoms with Crippen molar-refractivity contribution in [2.45, 2.75) is 46.7 Å². The SMILES string of the molecule is Cc1nc(=O)n(CC(=O)NC(C)(C)C)c(C)c1Br. The monoisotopic (exact) mass is 315 g/mol. The van der Waals surface area contributed by atoms with Crippen molar-refractivity contribution in [3.63, 3.8) is 0 Å². The van der Waals surface area contributed by atoms with Crippen molar-refractivity contribution in [3.05, 3.63) is 26.3 Å². The molecular weight excluding hydrogens is 298 g/mol. The predicted molar refractivity (Wildman–Crippen MR) is 73.6 cm³/mol. The highest BCUT2D eigenvalue weighted by Gasteiger charge is 2.16. The molecular formula is C12H18BrN3O2. The Bertz CT molecular complexity index is 529. The molecule has 1 aromatic heterocycles. The number of nitrogens with one attached hydrogen (secondary N) is 1. The molecule has 5 nitrogen and oxygen atoms in total. The van der Waals surface area contributed by atoms with Gasteiger partial charge in [0, 0.05) is 11.2 Å². The third-order valence-corrected chi connectivity index (χ3v) is 3.50. The summed E-state index contributed by atoms with van der Waals surface area (Å²) in [6, 6.07) is 0. The van der Waals surface area contributed by atoms with E-state index in [9.17, 15) is 9.59 Å². The van der Waals surface area contributed by atoms with Gasteiger partial charge in [0.05, 0.1) is 10.2 Å². The molecule has 1 amide bonds. The molecule has 100 valence electrons. The third kappa shape index (κ3) is 3.66. The summed E-state index contributed by atoms with van der Waals surface area (Å²) in [6.07, 6.45) is 0. The first-order chi connectivity index (χ1) is 8.11. The minimum Gasteiger partial charge on any atom is -0.350 e. The van der Waals surface area contributed by atoms with Gasteiger partial charge >= 0.3 is 5.69 Å². The van der Waals surface area contributed by atoms with Crippen LogP contribution in [0.25, 0.3) is 0 Å². The summed E-state index contributed by atoms with van der Waals surface area (Å²) >= 11 is 3.36. The van der Waals surface area contributed by atoms with E-state index in [-0.39, 0.29) is 18.0 Å². The maximum Gasteiger partial charge on any atom is 0.348 e. The van der Waals surface area contributed by atoms with E-state index in [1.807, 2.05) is 20.8 Å². The topological polar surface area (TPSA) is 64.0 Å². The lowest BCUT2D eigenvalue weighted by molar-refractivity contribution is -0.123. The first kappa shape index (κ1) is 14.9. The van der Waals surface area contributed by atoms with Crippen LogP contribution in [0.2, 0.25) is 0 Å². The van der Waals surface area contributed by atoms with Gasteiger partial charge < -0.3 is 5.32 Å². The van der Waals surface area contributed by atoms with E-state index in [0.717, 1.165) is 4.47 Å². The Hall–Kier alpha value is -1.17. The van der Waals surface area contributed by atoms with Crippen LogP contribution in [0.1, 0.15) is 32.2 Å². The van der Waals surface area contributed by atoms with Gasteiger partial charge in [-0.1, -0.05) is 0 Å². The van der Waals surface area contributed by atoms with Crippen LogP contribution in [0.15, 0.2) is 9.27 Å². The quantitative estimate of drug-likeness (QED) is 0.900. The largest absolute Gasteiger partial charge is 0.350 e. The van der Waals surface area contributed by atoms with Gasteiger partial charge in [0.2, 0.25) is 5.91 Å². The Balaban J connectivity index is 3.03. The van der Waals surface area contributed by atoms with Crippen LogP contribution in [-0.2, 0) is 11.3 Å². The first-order valence-corrected chi connectivity index (χ1v) is 6.45. The van der Waals surface area contributed by atoms with Crippen LogP contribution in [0.5, 0.6) is 0 Å². The standard InChI is InChI=1S/C12H18BrN3O2/c1-7-10(13)8(2)16(11(18)14-7)6-9(17)15-12(3,4)5/h6H2,1-5H3,(H,15,17). The van der Waals surface area contributed by atoms with Crippen molar-refractivity contribution < 1.29 is 4.79 Å². The van der Waals surface area contributed by atoms with Gasteiger partial charge in [-0.05, 0) is 50.5 Å². The van der Waals surface area contributed by atoms with Crippen molar-refractivity contribution in [2.24, 2.45) is 0 Å². The Kier molecular flexibility index (Phi) is 4.32. The number of aromatic nitrogens is 2. The number of halogens is 1. The van der Waals surface area contributed by atoms with Crippen LogP contribution in [0, 0.1) is 13.8 Å². The smallest absolute Gasteiger partial charge is 0.348 e. The molecule has 0 aliphatic heterocycles. The van der Waals surface area contributed by atoms with E-state index >= 15 is 0 Å². The van der Waals surface area contributed by atoms with Gasteiger partial charge in [-0.15, -0.1) is 0 Å². The molecule has 0 radical (unpaired) electrons. The van der Waals surface area contributed by atoms with E-state index in [1.165, 1.54) is 4.57 Å². The minimum absolute atomic E-state index is 0.0200. The molecule has 1 heterocycles. The van der Waals surface area contributed by atoms with E-state index < -0.39 is 5.69 Å². The number of carbonyl (C=O) groups is 1. The summed E-state index contributed by atoms with van der Waals surface area (Å²) in [7, 11) is 0. The zero-order valence-electron chi connectivity index (χ0n) is 11.3. The summed E-state index contributed by atoms with van der Waals surface area (Å²) in [5, 5.41) is 2.81. The average Bonchev–Trinajstić information content (AvgIpc) is 2.19. The lowest BCUT2D eigenvalue weighted by atomic mass is 10.1. The molecule has 0 atom stereocenters. The van der Waals surface area contributed by atoms with E-state index in [1.54, 1.807) is 13.8 Å². The van der Waals surface area contributed by atoms with Crippen molar-refractivity contribution in [2.75, 3.05) is 0 Å². The van der Waals surface area contributed by atoms with Gasteiger partial charge in [-0.25, -0.2) is 4.79 Å². The van der Waals surface area contributed by atoms with Crippen LogP contribution >= 0.6 is 15.9 Å². The summed E-state index contributed by atoms with van der Waals surface area (Å²) in [6.45, 7) is 9.19. The Labute approximate surface area is 115 Å². The lowest BCUT2D eigenvalue weighted by Crippen LogP contribution is -2.44. The second-order valence-electron chi connectivity index (χ2n) is 5.26. The molecule has 18 heavy (non-hydrogen) atoms. The first-order valence-electron chi connectivity index (χ1n) is 5.66. The van der Waals surface area contributed by atoms with Crippen LogP contribution in [-0.4, -0.2) is 21.0 Å². The zero-order chi connectivity index (χ0) is 14.1. The molecule has 1 N–H and O–H groups in total. The number of hydrogen-bond acceptors (Lipinski definition) is 3. The number of amides is 1. The number of nitrogens with zero attached hydrogens (tertiary/aromatic N) is 2. The average molecular weight is 316 g/mol. The molecule has 0 fully saturated rings. The zero-order valence-corrected chi connectivity index (χ0v) is 12.9. The minimum atomic E-state index is -0.405. The summed E-state index contributed by atoms with van der Waals surface area (Å²) in [4.78, 5) is 27.4. The molecule has 1 aromatic rings. The molecule has 0 unspecified atom stereocenters. The highest BCUT2D eigenvalue weighted by molar-refractivity contribution is 9.10. The molecule has 0 aromatic carbocycles. The molecule has 0 bridgehead atoms. The summed E-state index contributed by atoms with van der Waals surface area (Å²) < 4.78 is 2.11. The number of rotatable bonds is 2. The van der Waals surface area contributed by atoms with Gasteiger partial charge in [0.15, 0.2) is 0 Å². The van der Waals surface area contributed by atoms with Crippen LogP contribution in [0.3, 0.4) is 0 Å². The molecule has 0 saturated carbocycles. The molecule has 6 heteroatoms. The van der Waals surface area contributed by atoms with Crippen LogP contribution in [0.4, 0.5) is 0 Å². The molecule has 0 saturated heterocycles. The number of carbonyl (C=O) groups excluding carboxylic acids is 1. The summed E-state index contributed by atoms with van der Waals surface area (Å²) in [5.41, 5.74) is 0.614. The van der Waals surface area contributed by atoms with E-state index in [0.29, 0.717) is 11.4 Å². The molecule has 0 aliphatic carbocycles. The fourth-order valence-electron chi connectivity index (χ4n) is 1.56. The maximum atomic E-state index is 11.8. The van der Waals surface area contributed by atoms with E-state index in [4.69, 9.17) is 0 Å². The molecule has 1 rings (SSSR count). The maximum absolute atomic E-state index is 11.8. The van der Waals surface area contributed by atoms with Crippen LogP contribution < -0.4 is 11.0 Å². The van der Waals surface area contributed by atoms with Crippen molar-refractivity contribution in [1.82, 2.24) is 14.9 Å². The van der Waals surface area contributed by atoms with Gasteiger partial charge in [0.25, 0.3) is 0 Å². The van der Waals surface area contributed by atoms with Crippen molar-refractivity contribution >= 4 is 21.8 Å². The Morgan fingerprint density at radius 2 is 1.94 bits per heavy atom. The van der Waals surface area contributed by atoms with Crippen molar-refractivity contribution in [1.29, 1.82) is 0 Å². The normalized spacial score (nSPS) is 11.4. The van der Waals surface area contributed by atoms with Gasteiger partial charge in [-0.2, -0.15) is 4.98 Å². The second kappa shape index (κ2) is 5.22. The highest BCUT2D eigenvalue weighted by atomic mass is 79.9. The molecule has 0 spiro atoms. The lowest BCUT2D eigenvalue weighted by Gasteiger charge is -2.21. The summed E-state index contributed by atoms with van der Waals surface area (Å²) in [5.74, 6) is -0.203. The third-order valence-electron chi connectivity index (χ3n) is 2.35. The number of aryl methyl sites for hydroxylation is 1. The van der Waals surface area contributed by atoms with E-state index in [2.05, 4.69) is 26.2 Å². The molecule has 0 aliphatic rings. The second-order valence-corrected chi connectivity index (χ2v) is 6.06. The fraction of sp³-hybridized carbons (Fsp3) is 0.583. The van der Waals surface area contributed by atoms with Crippen molar-refractivity contribution in [3.8, 4) is 0 Å². The Morgan fingerprint density at radius 3 is 2.44 bits per heavy atom. The Morgan fingerprint density at radius 1 is 1.39 bits per heavy atom. The number of hydrogen-bond donors (Lipinski definition) is 1. The highest BCUT2D eigenvalue weighted by Crippen LogP contribution is 2.16. The van der Waals surface area contributed by atoms with Gasteiger partial charge in [-0.3, -0.25) is 9.36 Å². The van der Waals surface area contributed by atoms with Gasteiger partial charge in [0.1, 0.15) is 6.54 Å². The predicted octanol–water partition coefficient (Wildman–Crippen LogP) is 1.54.